The molecule has 0 saturated heterocycles. The monoisotopic (exact) mass is 394 g/mol. The first-order valence-electron chi connectivity index (χ1n) is 9.89. The Bertz CT molecular complexity index is 886. The van der Waals surface area contributed by atoms with Crippen LogP contribution in [0.25, 0.3) is 0 Å². The van der Waals surface area contributed by atoms with Crippen molar-refractivity contribution in [3.8, 4) is 0 Å². The Morgan fingerprint density at radius 2 is 1.59 bits per heavy atom. The van der Waals surface area contributed by atoms with Crippen LogP contribution in [0.15, 0.2) is 72.0 Å². The lowest BCUT2D eigenvalue weighted by Crippen LogP contribution is -2.46. The normalized spacial score (nSPS) is 20.2. The van der Waals surface area contributed by atoms with Crippen molar-refractivity contribution in [2.45, 2.75) is 44.8 Å². The molecule has 0 amide bonds. The molecule has 0 fully saturated rings. The molecule has 0 spiro atoms. The zero-order chi connectivity index (χ0) is 21.0. The van der Waals surface area contributed by atoms with E-state index < -0.39 is 41.6 Å². The Balaban J connectivity index is 1.93. The molecule has 0 aliphatic carbocycles. The van der Waals surface area contributed by atoms with Gasteiger partial charge in [0.25, 0.3) is 0 Å². The van der Waals surface area contributed by atoms with Crippen molar-refractivity contribution in [2.75, 3.05) is 0 Å². The first-order chi connectivity index (χ1) is 13.9. The van der Waals surface area contributed by atoms with E-state index in [0.717, 1.165) is 11.1 Å². The van der Waals surface area contributed by atoms with E-state index in [2.05, 4.69) is 0 Å². The molecule has 2 N–H and O–H groups in total. The van der Waals surface area contributed by atoms with E-state index >= 15 is 0 Å². The molecule has 1 aliphatic heterocycles. The second-order valence-electron chi connectivity index (χ2n) is 7.42. The average Bonchev–Trinajstić information content (AvgIpc) is 2.73. The van der Waals surface area contributed by atoms with Gasteiger partial charge >= 0.3 is 5.97 Å². The number of hydrogen-bond acceptors (Lipinski definition) is 5. The molecule has 0 saturated carbocycles. The van der Waals surface area contributed by atoms with Crippen molar-refractivity contribution in [1.29, 1.82) is 0 Å². The quantitative estimate of drug-likeness (QED) is 0.699. The van der Waals surface area contributed by atoms with Crippen molar-refractivity contribution < 1.29 is 24.5 Å². The molecule has 3 rings (SSSR count). The molecule has 2 unspecified atom stereocenters. The third-order valence-corrected chi connectivity index (χ3v) is 5.48. The van der Waals surface area contributed by atoms with Crippen molar-refractivity contribution in [3.05, 3.63) is 83.1 Å². The zero-order valence-electron chi connectivity index (χ0n) is 16.6. The fraction of sp³-hybridized carbons (Fsp3) is 0.333. The second kappa shape index (κ2) is 9.05. The maximum absolute atomic E-state index is 13.0. The lowest BCUT2D eigenvalue weighted by Gasteiger charge is -2.33. The maximum atomic E-state index is 13.0. The predicted molar refractivity (Wildman–Crippen MR) is 109 cm³/mol. The third-order valence-electron chi connectivity index (χ3n) is 5.48. The summed E-state index contributed by atoms with van der Waals surface area (Å²) >= 11 is 0. The Morgan fingerprint density at radius 3 is 2.14 bits per heavy atom. The summed E-state index contributed by atoms with van der Waals surface area (Å²) in [6, 6.07) is 18.6. The summed E-state index contributed by atoms with van der Waals surface area (Å²) in [5.74, 6) is -3.01. The Labute approximate surface area is 170 Å². The number of aliphatic hydroxyl groups is 2. The lowest BCUT2D eigenvalue weighted by atomic mass is 9.81. The highest BCUT2D eigenvalue weighted by Gasteiger charge is 2.44. The number of rotatable bonds is 7. The van der Waals surface area contributed by atoms with E-state index in [1.807, 2.05) is 67.6 Å². The smallest absolute Gasteiger partial charge is 0.339 e. The van der Waals surface area contributed by atoms with Crippen LogP contribution in [0.3, 0.4) is 0 Å². The van der Waals surface area contributed by atoms with E-state index in [1.165, 1.54) is 0 Å². The van der Waals surface area contributed by atoms with E-state index in [0.29, 0.717) is 12.8 Å². The summed E-state index contributed by atoms with van der Waals surface area (Å²) in [5, 5.41) is 21.0. The zero-order valence-corrected chi connectivity index (χ0v) is 16.6. The minimum atomic E-state index is -1.22. The molecule has 1 heterocycles. The van der Waals surface area contributed by atoms with E-state index in [1.54, 1.807) is 6.92 Å². The number of esters is 1. The van der Waals surface area contributed by atoms with Gasteiger partial charge in [0.1, 0.15) is 0 Å². The van der Waals surface area contributed by atoms with Crippen molar-refractivity contribution in [3.63, 3.8) is 0 Å². The molecular formula is C24H26O5. The molecule has 5 nitrogen and oxygen atoms in total. The predicted octanol–water partition coefficient (Wildman–Crippen LogP) is 3.73. The molecule has 29 heavy (non-hydrogen) atoms. The van der Waals surface area contributed by atoms with Gasteiger partial charge in [0.2, 0.25) is 5.78 Å². The number of cyclic esters (lactones) is 1. The summed E-state index contributed by atoms with van der Waals surface area (Å²) in [6.45, 7) is 3.44. The molecule has 0 bridgehead atoms. The molecule has 5 heteroatoms. The highest BCUT2D eigenvalue weighted by atomic mass is 16.6. The van der Waals surface area contributed by atoms with Gasteiger partial charge in [0.05, 0.1) is 11.7 Å². The molecule has 2 aromatic carbocycles. The summed E-state index contributed by atoms with van der Waals surface area (Å²) in [4.78, 5) is 25.8. The van der Waals surface area contributed by atoms with Crippen LogP contribution < -0.4 is 0 Å². The maximum Gasteiger partial charge on any atom is 0.339 e. The number of Topliss-reactive ketones (excluding diaryl/α,β-unsaturated/α-hetero) is 1. The molecule has 1 aliphatic rings. The SMILES string of the molecule is CCC(C1=C(O)C(=O)[C@H](C(Cc2ccccc2)[C@H](C)O)OC1=O)c1ccccc1. The topological polar surface area (TPSA) is 83.8 Å². The third kappa shape index (κ3) is 4.40. The van der Waals surface area contributed by atoms with Gasteiger partial charge < -0.3 is 14.9 Å². The standard InChI is InChI=1S/C24H26O5/c1-3-18(17-12-8-5-9-13-17)20-21(26)22(27)23(29-24(20)28)19(15(2)25)14-16-10-6-4-7-11-16/h4-13,15,18-19,23,25-26H,3,14H2,1-2H3/t15-,18?,19?,23-/m0/s1. The number of aliphatic hydroxyl groups excluding tert-OH is 2. The lowest BCUT2D eigenvalue weighted by molar-refractivity contribution is -0.160. The van der Waals surface area contributed by atoms with Gasteiger partial charge in [0, 0.05) is 11.8 Å². The Kier molecular flexibility index (Phi) is 6.49. The van der Waals surface area contributed by atoms with Crippen molar-refractivity contribution in [2.24, 2.45) is 5.92 Å². The van der Waals surface area contributed by atoms with Gasteiger partial charge in [-0.25, -0.2) is 4.79 Å². The van der Waals surface area contributed by atoms with Crippen molar-refractivity contribution >= 4 is 11.8 Å². The van der Waals surface area contributed by atoms with Crippen LogP contribution >= 0.6 is 0 Å². The van der Waals surface area contributed by atoms with Crippen LogP contribution in [0.2, 0.25) is 0 Å². The molecule has 4 atom stereocenters. The minimum Gasteiger partial charge on any atom is -0.504 e. The summed E-state index contributed by atoms with van der Waals surface area (Å²) in [5.41, 5.74) is 1.73. The number of carbonyl (C=O) groups is 2. The summed E-state index contributed by atoms with van der Waals surface area (Å²) in [7, 11) is 0. The highest BCUT2D eigenvalue weighted by Crippen LogP contribution is 2.35. The summed E-state index contributed by atoms with van der Waals surface area (Å²) < 4.78 is 5.52. The van der Waals surface area contributed by atoms with Crippen LogP contribution in [0.5, 0.6) is 0 Å². The molecule has 2 aromatic rings. The van der Waals surface area contributed by atoms with Gasteiger partial charge in [-0.3, -0.25) is 4.79 Å². The number of ketones is 1. The Hall–Kier alpha value is -2.92. The van der Waals surface area contributed by atoms with Gasteiger partial charge in [-0.1, -0.05) is 67.6 Å². The van der Waals surface area contributed by atoms with Gasteiger partial charge in [-0.05, 0) is 30.9 Å². The number of benzene rings is 2. The van der Waals surface area contributed by atoms with E-state index in [4.69, 9.17) is 4.74 Å². The molecule has 152 valence electrons. The van der Waals surface area contributed by atoms with E-state index in [9.17, 15) is 19.8 Å². The van der Waals surface area contributed by atoms with Crippen LogP contribution in [0.4, 0.5) is 0 Å². The minimum absolute atomic E-state index is 0.0102. The van der Waals surface area contributed by atoms with Crippen LogP contribution in [0, 0.1) is 5.92 Å². The first-order valence-corrected chi connectivity index (χ1v) is 9.89. The largest absolute Gasteiger partial charge is 0.504 e. The highest BCUT2D eigenvalue weighted by molar-refractivity contribution is 6.09. The molecule has 0 aromatic heterocycles. The number of carbonyl (C=O) groups excluding carboxylic acids is 2. The Morgan fingerprint density at radius 1 is 1.00 bits per heavy atom. The van der Waals surface area contributed by atoms with Gasteiger partial charge in [0.15, 0.2) is 11.9 Å². The fourth-order valence-electron chi connectivity index (χ4n) is 3.89. The molecule has 0 radical (unpaired) electrons. The first kappa shape index (κ1) is 20.8. The van der Waals surface area contributed by atoms with Crippen molar-refractivity contribution in [1.82, 2.24) is 0 Å². The van der Waals surface area contributed by atoms with Crippen LogP contribution in [-0.2, 0) is 20.7 Å². The average molecular weight is 394 g/mol. The van der Waals surface area contributed by atoms with Crippen LogP contribution in [0.1, 0.15) is 37.3 Å². The van der Waals surface area contributed by atoms with Crippen LogP contribution in [-0.4, -0.2) is 34.2 Å². The van der Waals surface area contributed by atoms with Gasteiger partial charge in [-0.2, -0.15) is 0 Å². The fourth-order valence-corrected chi connectivity index (χ4v) is 3.89. The van der Waals surface area contributed by atoms with Gasteiger partial charge in [-0.15, -0.1) is 0 Å². The summed E-state index contributed by atoms with van der Waals surface area (Å²) in [6.07, 6.45) is -1.25. The molecular weight excluding hydrogens is 368 g/mol. The second-order valence-corrected chi connectivity index (χ2v) is 7.42. The number of ether oxygens (including phenoxy) is 1. The number of hydrogen-bond donors (Lipinski definition) is 2. The van der Waals surface area contributed by atoms with E-state index in [-0.39, 0.29) is 5.57 Å².